The van der Waals surface area contributed by atoms with Gasteiger partial charge in [-0.3, -0.25) is 4.99 Å². The largest absolute Gasteiger partial charge is 0.256 e. The fraction of sp³-hybridized carbons (Fsp3) is 0.267. The molecule has 1 heterocycles. The molecule has 1 aliphatic heterocycles. The highest BCUT2D eigenvalue weighted by molar-refractivity contribution is 8.03. The third-order valence-corrected chi connectivity index (χ3v) is 4.32. The maximum atomic E-state index is 4.48. The number of benzene rings is 1. The monoisotopic (exact) mass is 241 g/mol. The van der Waals surface area contributed by atoms with Gasteiger partial charge in [0, 0.05) is 16.0 Å². The second kappa shape index (κ2) is 4.92. The summed E-state index contributed by atoms with van der Waals surface area (Å²) in [6, 6.07) is 8.35. The molecular weight excluding hydrogens is 226 g/mol. The second-order valence-electron chi connectivity index (χ2n) is 4.35. The standard InChI is InChI=1S/C15H15NS/c1-2-6-12(7-3-1)14-10-11-16-13-8-4-5-9-15(13)17-14/h4-6,8-11H,1-3,7H2. The van der Waals surface area contributed by atoms with Gasteiger partial charge in [0.2, 0.25) is 0 Å². The number of nitrogens with zero attached hydrogens (tertiary/aromatic N) is 1. The van der Waals surface area contributed by atoms with Gasteiger partial charge >= 0.3 is 0 Å². The summed E-state index contributed by atoms with van der Waals surface area (Å²) in [5, 5.41) is 0. The van der Waals surface area contributed by atoms with E-state index in [9.17, 15) is 0 Å². The van der Waals surface area contributed by atoms with E-state index in [-0.39, 0.29) is 0 Å². The molecule has 0 unspecified atom stereocenters. The molecule has 1 nitrogen and oxygen atoms in total. The molecule has 0 saturated carbocycles. The molecule has 0 fully saturated rings. The van der Waals surface area contributed by atoms with E-state index >= 15 is 0 Å². The zero-order chi connectivity index (χ0) is 11.5. The molecule has 1 aromatic rings. The van der Waals surface area contributed by atoms with Gasteiger partial charge in [-0.2, -0.15) is 0 Å². The van der Waals surface area contributed by atoms with Crippen LogP contribution in [-0.4, -0.2) is 6.21 Å². The van der Waals surface area contributed by atoms with Crippen molar-refractivity contribution in [3.63, 3.8) is 0 Å². The molecule has 3 rings (SSSR count). The summed E-state index contributed by atoms with van der Waals surface area (Å²) in [6.07, 6.45) is 11.6. The molecule has 86 valence electrons. The van der Waals surface area contributed by atoms with Crippen molar-refractivity contribution in [3.8, 4) is 0 Å². The molecule has 2 aliphatic rings. The van der Waals surface area contributed by atoms with Crippen molar-refractivity contribution in [3.05, 3.63) is 46.9 Å². The first-order valence-corrected chi connectivity index (χ1v) is 6.96. The van der Waals surface area contributed by atoms with Gasteiger partial charge in [-0.1, -0.05) is 30.0 Å². The van der Waals surface area contributed by atoms with E-state index < -0.39 is 0 Å². The molecule has 0 spiro atoms. The van der Waals surface area contributed by atoms with Crippen molar-refractivity contribution in [1.82, 2.24) is 0 Å². The second-order valence-corrected chi connectivity index (χ2v) is 5.44. The van der Waals surface area contributed by atoms with Crippen molar-refractivity contribution >= 4 is 23.7 Å². The van der Waals surface area contributed by atoms with Crippen molar-refractivity contribution in [2.75, 3.05) is 0 Å². The molecule has 1 aliphatic carbocycles. The van der Waals surface area contributed by atoms with Gasteiger partial charge in [0.15, 0.2) is 0 Å². The minimum absolute atomic E-state index is 1.08. The molecule has 0 N–H and O–H groups in total. The summed E-state index contributed by atoms with van der Waals surface area (Å²) >= 11 is 1.85. The summed E-state index contributed by atoms with van der Waals surface area (Å²) in [5.41, 5.74) is 2.59. The van der Waals surface area contributed by atoms with E-state index in [1.165, 1.54) is 41.1 Å². The molecular formula is C15H15NS. The van der Waals surface area contributed by atoms with Crippen LogP contribution in [0.25, 0.3) is 0 Å². The molecule has 1 aromatic carbocycles. The minimum Gasteiger partial charge on any atom is -0.256 e. The first-order valence-electron chi connectivity index (χ1n) is 6.14. The predicted molar refractivity (Wildman–Crippen MR) is 75.1 cm³/mol. The Morgan fingerprint density at radius 1 is 1.12 bits per heavy atom. The first kappa shape index (κ1) is 10.8. The number of para-hydroxylation sites is 1. The summed E-state index contributed by atoms with van der Waals surface area (Å²) in [4.78, 5) is 7.12. The van der Waals surface area contributed by atoms with Crippen molar-refractivity contribution in [2.24, 2.45) is 4.99 Å². The van der Waals surface area contributed by atoms with Crippen molar-refractivity contribution in [1.29, 1.82) is 0 Å². The Bertz CT molecular complexity index is 511. The van der Waals surface area contributed by atoms with Crippen LogP contribution in [0.2, 0.25) is 0 Å². The van der Waals surface area contributed by atoms with Gasteiger partial charge < -0.3 is 0 Å². The number of hydrogen-bond donors (Lipinski definition) is 0. The lowest BCUT2D eigenvalue weighted by atomic mass is 9.99. The van der Waals surface area contributed by atoms with Crippen LogP contribution in [0.1, 0.15) is 25.7 Å². The van der Waals surface area contributed by atoms with Gasteiger partial charge in [0.25, 0.3) is 0 Å². The Morgan fingerprint density at radius 3 is 2.94 bits per heavy atom. The Hall–Kier alpha value is -1.28. The Kier molecular flexibility index (Phi) is 3.14. The quantitative estimate of drug-likeness (QED) is 0.682. The number of allylic oxidation sites excluding steroid dienone is 3. The van der Waals surface area contributed by atoms with Gasteiger partial charge in [0.1, 0.15) is 0 Å². The van der Waals surface area contributed by atoms with Crippen LogP contribution in [0, 0.1) is 0 Å². The zero-order valence-electron chi connectivity index (χ0n) is 9.73. The highest BCUT2D eigenvalue weighted by Crippen LogP contribution is 2.41. The molecule has 0 bridgehead atoms. The van der Waals surface area contributed by atoms with Crippen LogP contribution in [0.5, 0.6) is 0 Å². The Labute approximate surface area is 106 Å². The van der Waals surface area contributed by atoms with Crippen molar-refractivity contribution < 1.29 is 0 Å². The number of aliphatic imine (C=N–C) groups is 1. The number of fused-ring (bicyclic) bond motifs is 1. The summed E-state index contributed by atoms with van der Waals surface area (Å²) < 4.78 is 0. The van der Waals surface area contributed by atoms with Gasteiger partial charge in [-0.25, -0.2) is 0 Å². The Morgan fingerprint density at radius 2 is 2.06 bits per heavy atom. The van der Waals surface area contributed by atoms with E-state index in [1.54, 1.807) is 0 Å². The van der Waals surface area contributed by atoms with Crippen LogP contribution >= 0.6 is 11.8 Å². The summed E-state index contributed by atoms with van der Waals surface area (Å²) in [7, 11) is 0. The summed E-state index contributed by atoms with van der Waals surface area (Å²) in [5.74, 6) is 0. The van der Waals surface area contributed by atoms with Gasteiger partial charge in [-0.15, -0.1) is 0 Å². The van der Waals surface area contributed by atoms with Crippen molar-refractivity contribution in [2.45, 2.75) is 30.6 Å². The highest BCUT2D eigenvalue weighted by Gasteiger charge is 2.13. The van der Waals surface area contributed by atoms with E-state index in [2.05, 4.69) is 35.3 Å². The van der Waals surface area contributed by atoms with Crippen LogP contribution in [-0.2, 0) is 0 Å². The predicted octanol–water partition coefficient (Wildman–Crippen LogP) is 4.88. The first-order chi connectivity index (χ1) is 8.43. The molecule has 0 aromatic heterocycles. The van der Waals surface area contributed by atoms with E-state index in [4.69, 9.17) is 0 Å². The molecule has 0 radical (unpaired) electrons. The average Bonchev–Trinajstić information content (AvgIpc) is 2.62. The maximum absolute atomic E-state index is 4.48. The lowest BCUT2D eigenvalue weighted by Gasteiger charge is -2.15. The topological polar surface area (TPSA) is 12.4 Å². The van der Waals surface area contributed by atoms with Crippen LogP contribution in [0.3, 0.4) is 0 Å². The molecule has 0 saturated heterocycles. The van der Waals surface area contributed by atoms with E-state index in [0.717, 1.165) is 5.69 Å². The van der Waals surface area contributed by atoms with Crippen LogP contribution in [0.4, 0.5) is 5.69 Å². The summed E-state index contributed by atoms with van der Waals surface area (Å²) in [6.45, 7) is 0. The fourth-order valence-electron chi connectivity index (χ4n) is 2.22. The van der Waals surface area contributed by atoms with Crippen LogP contribution in [0.15, 0.2) is 56.8 Å². The van der Waals surface area contributed by atoms with Gasteiger partial charge in [-0.05, 0) is 49.5 Å². The Balaban J connectivity index is 1.92. The van der Waals surface area contributed by atoms with E-state index in [0.29, 0.717) is 0 Å². The SMILES string of the molecule is C1=Nc2ccccc2SC(C2=CCCCC2)=C1. The molecule has 0 atom stereocenters. The molecule has 0 amide bonds. The third kappa shape index (κ3) is 2.37. The van der Waals surface area contributed by atoms with Gasteiger partial charge in [0.05, 0.1) is 5.69 Å². The van der Waals surface area contributed by atoms with E-state index in [1.807, 2.05) is 24.0 Å². The number of hydrogen-bond acceptors (Lipinski definition) is 2. The molecule has 17 heavy (non-hydrogen) atoms. The zero-order valence-corrected chi connectivity index (χ0v) is 10.5. The smallest absolute Gasteiger partial charge is 0.0768 e. The van der Waals surface area contributed by atoms with Crippen LogP contribution < -0.4 is 0 Å². The molecule has 2 heteroatoms. The highest BCUT2D eigenvalue weighted by atomic mass is 32.2. The normalized spacial score (nSPS) is 19.1. The fourth-order valence-corrected chi connectivity index (χ4v) is 3.28. The minimum atomic E-state index is 1.08. The lowest BCUT2D eigenvalue weighted by Crippen LogP contribution is -1.93. The number of rotatable bonds is 1. The number of thioether (sulfide) groups is 1. The maximum Gasteiger partial charge on any atom is 0.0768 e. The average molecular weight is 241 g/mol. The lowest BCUT2D eigenvalue weighted by molar-refractivity contribution is 0.711. The third-order valence-electron chi connectivity index (χ3n) is 3.13.